The smallest absolute Gasteiger partial charge is 0.472 e. The van der Waals surface area contributed by atoms with Crippen LogP contribution in [-0.4, -0.2) is 34.9 Å². The molecule has 0 bridgehead atoms. The Balaban J connectivity index is 2.59. The zero-order chi connectivity index (χ0) is 13.9. The van der Waals surface area contributed by atoms with Crippen LogP contribution in [0.15, 0.2) is 12.3 Å². The minimum absolute atomic E-state index is 0.122. The predicted molar refractivity (Wildman–Crippen MR) is 66.2 cm³/mol. The van der Waals surface area contributed by atoms with Crippen LogP contribution in [0.25, 0.3) is 0 Å². The summed E-state index contributed by atoms with van der Waals surface area (Å²) in [4.78, 5) is 9.55. The second-order valence-corrected chi connectivity index (χ2v) is 6.30. The van der Waals surface area contributed by atoms with E-state index in [0.717, 1.165) is 0 Å². The quantitative estimate of drug-likeness (QED) is 0.574. The van der Waals surface area contributed by atoms with Gasteiger partial charge in [0.25, 0.3) is 0 Å². The molecular weight excluding hydrogens is 259 g/mol. The molecule has 106 valence electrons. The van der Waals surface area contributed by atoms with Crippen LogP contribution in [-0.2, 0) is 18.3 Å². The van der Waals surface area contributed by atoms with Crippen LogP contribution in [0, 0.1) is 5.92 Å². The molecule has 1 fully saturated rings. The van der Waals surface area contributed by atoms with Crippen LogP contribution < -0.4 is 0 Å². The first kappa shape index (κ1) is 15.7. The van der Waals surface area contributed by atoms with Crippen molar-refractivity contribution in [1.82, 2.24) is 0 Å². The van der Waals surface area contributed by atoms with Gasteiger partial charge < -0.3 is 14.7 Å². The number of hydrogen-bond acceptors (Lipinski definition) is 5. The molecule has 4 unspecified atom stereocenters. The van der Waals surface area contributed by atoms with Crippen molar-refractivity contribution in [3.05, 3.63) is 12.3 Å². The number of rotatable bonds is 6. The SMILES string of the molecule is C=C(O)C1OC(C)CC1OP(=O)(O)OCC(C)C. The molecule has 0 aliphatic carbocycles. The second-order valence-electron chi connectivity index (χ2n) is 4.90. The van der Waals surface area contributed by atoms with E-state index < -0.39 is 20.0 Å². The normalized spacial score (nSPS) is 31.5. The molecule has 4 atom stereocenters. The average molecular weight is 280 g/mol. The summed E-state index contributed by atoms with van der Waals surface area (Å²) in [7, 11) is -4.13. The largest absolute Gasteiger partial charge is 0.510 e. The number of aliphatic hydroxyl groups excluding tert-OH is 1. The maximum absolute atomic E-state index is 11.7. The van der Waals surface area contributed by atoms with Crippen LogP contribution in [0.3, 0.4) is 0 Å². The number of hydrogen-bond donors (Lipinski definition) is 2. The maximum atomic E-state index is 11.7. The number of phosphoric acid groups is 1. The topological polar surface area (TPSA) is 85.2 Å². The molecule has 6 nitrogen and oxygen atoms in total. The Bertz CT molecular complexity index is 342. The van der Waals surface area contributed by atoms with Crippen LogP contribution in [0.1, 0.15) is 27.2 Å². The first-order valence-electron chi connectivity index (χ1n) is 5.90. The van der Waals surface area contributed by atoms with Gasteiger partial charge in [0.1, 0.15) is 18.0 Å². The first-order valence-corrected chi connectivity index (χ1v) is 7.39. The van der Waals surface area contributed by atoms with E-state index in [1.807, 2.05) is 13.8 Å². The molecule has 1 saturated heterocycles. The highest BCUT2D eigenvalue weighted by Crippen LogP contribution is 2.47. The van der Waals surface area contributed by atoms with Gasteiger partial charge in [0, 0.05) is 6.42 Å². The molecule has 1 aliphatic rings. The molecule has 1 aliphatic heterocycles. The summed E-state index contributed by atoms with van der Waals surface area (Å²) >= 11 is 0. The highest BCUT2D eigenvalue weighted by molar-refractivity contribution is 7.47. The van der Waals surface area contributed by atoms with Crippen molar-refractivity contribution in [2.24, 2.45) is 5.92 Å². The van der Waals surface area contributed by atoms with Gasteiger partial charge in [-0.2, -0.15) is 0 Å². The fourth-order valence-electron chi connectivity index (χ4n) is 1.68. The Hall–Kier alpha value is -0.390. The van der Waals surface area contributed by atoms with E-state index in [1.165, 1.54) is 0 Å². The second kappa shape index (κ2) is 6.17. The zero-order valence-electron chi connectivity index (χ0n) is 10.9. The summed E-state index contributed by atoms with van der Waals surface area (Å²) in [6, 6.07) is 0. The third-order valence-corrected chi connectivity index (χ3v) is 3.46. The maximum Gasteiger partial charge on any atom is 0.472 e. The third-order valence-electron chi connectivity index (χ3n) is 2.45. The highest BCUT2D eigenvalue weighted by atomic mass is 31.2. The summed E-state index contributed by atoms with van der Waals surface area (Å²) < 4.78 is 26.9. The molecule has 0 amide bonds. The summed E-state index contributed by atoms with van der Waals surface area (Å²) in [5.41, 5.74) is 0. The molecule has 0 aromatic carbocycles. The lowest BCUT2D eigenvalue weighted by Gasteiger charge is -2.21. The van der Waals surface area contributed by atoms with Gasteiger partial charge in [-0.25, -0.2) is 4.57 Å². The minimum Gasteiger partial charge on any atom is -0.510 e. The van der Waals surface area contributed by atoms with Gasteiger partial charge in [0.2, 0.25) is 0 Å². The van der Waals surface area contributed by atoms with Gasteiger partial charge in [-0.3, -0.25) is 9.05 Å². The molecule has 0 spiro atoms. The van der Waals surface area contributed by atoms with Crippen LogP contribution in [0.5, 0.6) is 0 Å². The lowest BCUT2D eigenvalue weighted by molar-refractivity contribution is 0.0102. The van der Waals surface area contributed by atoms with Crippen molar-refractivity contribution < 1.29 is 28.3 Å². The molecule has 1 rings (SSSR count). The summed E-state index contributed by atoms with van der Waals surface area (Å²) in [5, 5.41) is 9.34. The molecule has 0 aromatic heterocycles. The lowest BCUT2D eigenvalue weighted by atomic mass is 10.1. The van der Waals surface area contributed by atoms with E-state index in [9.17, 15) is 14.6 Å². The molecule has 2 N–H and O–H groups in total. The van der Waals surface area contributed by atoms with Crippen molar-refractivity contribution in [1.29, 1.82) is 0 Å². The third kappa shape index (κ3) is 4.71. The molecule has 7 heteroatoms. The average Bonchev–Trinajstić information content (AvgIpc) is 2.56. The Labute approximate surface area is 107 Å². The molecular formula is C11H21O6P. The van der Waals surface area contributed by atoms with E-state index in [-0.39, 0.29) is 24.4 Å². The van der Waals surface area contributed by atoms with Gasteiger partial charge in [0.15, 0.2) is 0 Å². The fourth-order valence-corrected chi connectivity index (χ4v) is 2.77. The van der Waals surface area contributed by atoms with Crippen LogP contribution >= 0.6 is 7.82 Å². The highest BCUT2D eigenvalue weighted by Gasteiger charge is 2.40. The Morgan fingerprint density at radius 2 is 2.22 bits per heavy atom. The lowest BCUT2D eigenvalue weighted by Crippen LogP contribution is -2.25. The summed E-state index contributed by atoms with van der Waals surface area (Å²) in [6.45, 7) is 9.00. The van der Waals surface area contributed by atoms with E-state index in [1.54, 1.807) is 6.92 Å². The van der Waals surface area contributed by atoms with Crippen molar-refractivity contribution in [2.75, 3.05) is 6.61 Å². The van der Waals surface area contributed by atoms with Crippen LogP contribution in [0.2, 0.25) is 0 Å². The number of ether oxygens (including phenoxy) is 1. The zero-order valence-corrected chi connectivity index (χ0v) is 11.8. The predicted octanol–water partition coefficient (Wildman–Crippen LogP) is 2.39. The van der Waals surface area contributed by atoms with E-state index in [2.05, 4.69) is 6.58 Å². The van der Waals surface area contributed by atoms with Crippen LogP contribution in [0.4, 0.5) is 0 Å². The van der Waals surface area contributed by atoms with Crippen molar-refractivity contribution in [3.63, 3.8) is 0 Å². The van der Waals surface area contributed by atoms with Gasteiger partial charge >= 0.3 is 7.82 Å². The first-order chi connectivity index (χ1) is 8.21. The number of phosphoric ester groups is 1. The van der Waals surface area contributed by atoms with E-state index in [4.69, 9.17) is 13.8 Å². The molecule has 0 aromatic rings. The standard InChI is InChI=1S/C11H21O6P/c1-7(2)6-15-18(13,14)17-10-5-8(3)16-11(10)9(4)12/h7-8,10-12H,4-6H2,1-3H3,(H,13,14). The monoisotopic (exact) mass is 280 g/mol. The summed E-state index contributed by atoms with van der Waals surface area (Å²) in [5.74, 6) is -0.0929. The Kier molecular flexibility index (Phi) is 5.37. The molecule has 0 saturated carbocycles. The van der Waals surface area contributed by atoms with Gasteiger partial charge in [0.05, 0.1) is 12.7 Å². The van der Waals surface area contributed by atoms with Gasteiger partial charge in [-0.05, 0) is 12.8 Å². The fraction of sp³-hybridized carbons (Fsp3) is 0.818. The summed E-state index contributed by atoms with van der Waals surface area (Å²) in [6.07, 6.45) is -1.28. The minimum atomic E-state index is -4.13. The van der Waals surface area contributed by atoms with Gasteiger partial charge in [-0.1, -0.05) is 20.4 Å². The molecule has 18 heavy (non-hydrogen) atoms. The van der Waals surface area contributed by atoms with E-state index in [0.29, 0.717) is 6.42 Å². The number of aliphatic hydroxyl groups is 1. The van der Waals surface area contributed by atoms with Crippen molar-refractivity contribution >= 4 is 7.82 Å². The molecule has 1 heterocycles. The van der Waals surface area contributed by atoms with Crippen molar-refractivity contribution in [3.8, 4) is 0 Å². The Morgan fingerprint density at radius 1 is 1.61 bits per heavy atom. The molecule has 0 radical (unpaired) electrons. The van der Waals surface area contributed by atoms with E-state index >= 15 is 0 Å². The Morgan fingerprint density at radius 3 is 2.72 bits per heavy atom. The van der Waals surface area contributed by atoms with Gasteiger partial charge in [-0.15, -0.1) is 0 Å². The van der Waals surface area contributed by atoms with Crippen molar-refractivity contribution in [2.45, 2.75) is 45.5 Å².